The molecule has 132 valence electrons. The second kappa shape index (κ2) is 8.18. The molecule has 0 aromatic heterocycles. The first-order chi connectivity index (χ1) is 12.1. The zero-order valence-corrected chi connectivity index (χ0v) is 13.8. The number of rotatable bonds is 5. The zero-order valence-electron chi connectivity index (χ0n) is 13.8. The van der Waals surface area contributed by atoms with Crippen molar-refractivity contribution in [2.24, 2.45) is 0 Å². The van der Waals surface area contributed by atoms with Gasteiger partial charge in [-0.05, 0) is 17.7 Å². The van der Waals surface area contributed by atoms with Gasteiger partial charge in [0.25, 0.3) is 5.91 Å². The van der Waals surface area contributed by atoms with Crippen molar-refractivity contribution in [2.75, 3.05) is 32.8 Å². The monoisotopic (exact) mass is 346 g/mol. The maximum atomic E-state index is 13.6. The highest BCUT2D eigenvalue weighted by Gasteiger charge is 2.22. The molecule has 25 heavy (non-hydrogen) atoms. The Hall–Kier alpha value is -2.31. The quantitative estimate of drug-likeness (QED) is 0.905. The van der Waals surface area contributed by atoms with Crippen molar-refractivity contribution in [1.29, 1.82) is 0 Å². The molecule has 1 aliphatic heterocycles. The SMILES string of the molecule is O=C(NCCN1CCO[C@H](c2ccccc2)C1)c1c(F)cccc1F. The summed E-state index contributed by atoms with van der Waals surface area (Å²) in [6, 6.07) is 13.3. The third-order valence-electron chi connectivity index (χ3n) is 4.23. The maximum Gasteiger partial charge on any atom is 0.257 e. The van der Waals surface area contributed by atoms with Gasteiger partial charge in [0.05, 0.1) is 12.7 Å². The van der Waals surface area contributed by atoms with E-state index in [2.05, 4.69) is 10.2 Å². The molecule has 0 unspecified atom stereocenters. The molecule has 6 heteroatoms. The molecule has 1 N–H and O–H groups in total. The van der Waals surface area contributed by atoms with E-state index in [0.717, 1.165) is 24.2 Å². The summed E-state index contributed by atoms with van der Waals surface area (Å²) >= 11 is 0. The number of hydrogen-bond acceptors (Lipinski definition) is 3. The van der Waals surface area contributed by atoms with E-state index in [-0.39, 0.29) is 6.10 Å². The van der Waals surface area contributed by atoms with Crippen LogP contribution >= 0.6 is 0 Å². The Kier molecular flexibility index (Phi) is 5.73. The molecular weight excluding hydrogens is 326 g/mol. The molecule has 0 radical (unpaired) electrons. The number of nitrogens with zero attached hydrogens (tertiary/aromatic N) is 1. The minimum absolute atomic E-state index is 0.00494. The lowest BCUT2D eigenvalue weighted by atomic mass is 10.1. The molecule has 0 saturated carbocycles. The number of nitrogens with one attached hydrogen (secondary N) is 1. The van der Waals surface area contributed by atoms with Crippen LogP contribution < -0.4 is 5.32 Å². The number of morpholine rings is 1. The largest absolute Gasteiger partial charge is 0.371 e. The lowest BCUT2D eigenvalue weighted by Crippen LogP contribution is -2.42. The minimum Gasteiger partial charge on any atom is -0.371 e. The second-order valence-electron chi connectivity index (χ2n) is 5.92. The van der Waals surface area contributed by atoms with E-state index in [1.165, 1.54) is 6.07 Å². The highest BCUT2D eigenvalue weighted by molar-refractivity contribution is 5.94. The highest BCUT2D eigenvalue weighted by Crippen LogP contribution is 2.21. The molecule has 1 saturated heterocycles. The highest BCUT2D eigenvalue weighted by atomic mass is 19.1. The van der Waals surface area contributed by atoms with E-state index in [1.807, 2.05) is 30.3 Å². The fraction of sp³-hybridized carbons (Fsp3) is 0.316. The summed E-state index contributed by atoms with van der Waals surface area (Å²) in [5.41, 5.74) is 0.580. The van der Waals surface area contributed by atoms with Crippen molar-refractivity contribution in [3.63, 3.8) is 0 Å². The Balaban J connectivity index is 1.51. The molecule has 0 bridgehead atoms. The van der Waals surface area contributed by atoms with Crippen LogP contribution in [0.15, 0.2) is 48.5 Å². The molecular formula is C19H20F2N2O2. The Morgan fingerprint density at radius 2 is 1.84 bits per heavy atom. The van der Waals surface area contributed by atoms with Gasteiger partial charge in [0.1, 0.15) is 17.2 Å². The standard InChI is InChI=1S/C19H20F2N2O2/c20-15-7-4-8-16(21)18(15)19(24)22-9-10-23-11-12-25-17(13-23)14-5-2-1-3-6-14/h1-8,17H,9-13H2,(H,22,24)/t17-/m0/s1. The Morgan fingerprint density at radius 3 is 2.56 bits per heavy atom. The van der Waals surface area contributed by atoms with Gasteiger partial charge in [-0.1, -0.05) is 36.4 Å². The van der Waals surface area contributed by atoms with Crippen molar-refractivity contribution >= 4 is 5.91 Å². The molecule has 1 fully saturated rings. The Labute approximate surface area is 145 Å². The van der Waals surface area contributed by atoms with Gasteiger partial charge >= 0.3 is 0 Å². The molecule has 4 nitrogen and oxygen atoms in total. The summed E-state index contributed by atoms with van der Waals surface area (Å²) in [6.45, 7) is 2.99. The van der Waals surface area contributed by atoms with Gasteiger partial charge in [-0.2, -0.15) is 0 Å². The van der Waals surface area contributed by atoms with Crippen LogP contribution in [0.2, 0.25) is 0 Å². The first-order valence-electron chi connectivity index (χ1n) is 8.26. The number of ether oxygens (including phenoxy) is 1. The van der Waals surface area contributed by atoms with Gasteiger partial charge in [-0.15, -0.1) is 0 Å². The number of amides is 1. The normalized spacial score (nSPS) is 18.1. The summed E-state index contributed by atoms with van der Waals surface area (Å²) in [6.07, 6.45) is -0.00494. The molecule has 2 aromatic carbocycles. The van der Waals surface area contributed by atoms with Gasteiger partial charge in [0.15, 0.2) is 0 Å². The van der Waals surface area contributed by atoms with Gasteiger partial charge in [-0.25, -0.2) is 8.78 Å². The van der Waals surface area contributed by atoms with Crippen LogP contribution in [0.25, 0.3) is 0 Å². The van der Waals surface area contributed by atoms with Crippen molar-refractivity contribution in [3.8, 4) is 0 Å². The molecule has 1 heterocycles. The van der Waals surface area contributed by atoms with Crippen LogP contribution in [0.5, 0.6) is 0 Å². The van der Waals surface area contributed by atoms with Gasteiger partial charge < -0.3 is 10.1 Å². The van der Waals surface area contributed by atoms with E-state index in [1.54, 1.807) is 0 Å². The van der Waals surface area contributed by atoms with Gasteiger partial charge in [0.2, 0.25) is 0 Å². The minimum atomic E-state index is -0.854. The van der Waals surface area contributed by atoms with Crippen molar-refractivity contribution in [1.82, 2.24) is 10.2 Å². The van der Waals surface area contributed by atoms with Crippen molar-refractivity contribution < 1.29 is 18.3 Å². The Morgan fingerprint density at radius 1 is 1.12 bits per heavy atom. The van der Waals surface area contributed by atoms with Crippen LogP contribution in [-0.2, 0) is 4.74 Å². The number of hydrogen-bond donors (Lipinski definition) is 1. The third-order valence-corrected chi connectivity index (χ3v) is 4.23. The van der Waals surface area contributed by atoms with Gasteiger partial charge in [-0.3, -0.25) is 9.69 Å². The van der Waals surface area contributed by atoms with Crippen molar-refractivity contribution in [2.45, 2.75) is 6.10 Å². The summed E-state index contributed by atoms with van der Waals surface area (Å²) in [4.78, 5) is 14.1. The predicted molar refractivity (Wildman–Crippen MR) is 90.3 cm³/mol. The smallest absolute Gasteiger partial charge is 0.257 e. The molecule has 1 amide bonds. The lowest BCUT2D eigenvalue weighted by molar-refractivity contribution is -0.0293. The maximum absolute atomic E-state index is 13.6. The summed E-state index contributed by atoms with van der Waals surface area (Å²) < 4.78 is 33.0. The van der Waals surface area contributed by atoms with Crippen LogP contribution in [-0.4, -0.2) is 43.6 Å². The number of carbonyl (C=O) groups is 1. The van der Waals surface area contributed by atoms with E-state index >= 15 is 0 Å². The first-order valence-corrected chi connectivity index (χ1v) is 8.26. The Bertz CT molecular complexity index is 704. The molecule has 1 aliphatic rings. The van der Waals surface area contributed by atoms with Crippen LogP contribution in [0.4, 0.5) is 8.78 Å². The van der Waals surface area contributed by atoms with Crippen molar-refractivity contribution in [3.05, 3.63) is 71.3 Å². The predicted octanol–water partition coefficient (Wildman–Crippen LogP) is 2.77. The molecule has 2 aromatic rings. The third kappa shape index (κ3) is 4.41. The average Bonchev–Trinajstić information content (AvgIpc) is 2.63. The second-order valence-corrected chi connectivity index (χ2v) is 5.92. The lowest BCUT2D eigenvalue weighted by Gasteiger charge is -2.33. The molecule has 0 aliphatic carbocycles. The average molecular weight is 346 g/mol. The van der Waals surface area contributed by atoms with Gasteiger partial charge in [0, 0.05) is 26.2 Å². The van der Waals surface area contributed by atoms with E-state index < -0.39 is 23.1 Å². The fourth-order valence-corrected chi connectivity index (χ4v) is 2.91. The van der Waals surface area contributed by atoms with Crippen LogP contribution in [0, 0.1) is 11.6 Å². The molecule has 1 atom stereocenters. The first kappa shape index (κ1) is 17.5. The fourth-order valence-electron chi connectivity index (χ4n) is 2.91. The summed E-state index contributed by atoms with van der Waals surface area (Å²) in [7, 11) is 0. The number of benzene rings is 2. The van der Waals surface area contributed by atoms with Crippen LogP contribution in [0.1, 0.15) is 22.0 Å². The molecule has 0 spiro atoms. The molecule has 3 rings (SSSR count). The number of halogens is 2. The summed E-state index contributed by atoms with van der Waals surface area (Å²) in [5, 5.41) is 2.58. The number of carbonyl (C=O) groups excluding carboxylic acids is 1. The van der Waals surface area contributed by atoms with E-state index in [0.29, 0.717) is 26.2 Å². The topological polar surface area (TPSA) is 41.6 Å². The summed E-state index contributed by atoms with van der Waals surface area (Å²) in [5.74, 6) is -2.44. The van der Waals surface area contributed by atoms with Crippen LogP contribution in [0.3, 0.4) is 0 Å². The zero-order chi connectivity index (χ0) is 17.6. The van der Waals surface area contributed by atoms with E-state index in [9.17, 15) is 13.6 Å². The van der Waals surface area contributed by atoms with E-state index in [4.69, 9.17) is 4.74 Å².